The van der Waals surface area contributed by atoms with Gasteiger partial charge < -0.3 is 9.32 Å². The van der Waals surface area contributed by atoms with Gasteiger partial charge in [0.25, 0.3) is 0 Å². The predicted molar refractivity (Wildman–Crippen MR) is 74.3 cm³/mol. The highest BCUT2D eigenvalue weighted by Gasteiger charge is 2.09. The van der Waals surface area contributed by atoms with E-state index < -0.39 is 0 Å². The third-order valence-electron chi connectivity index (χ3n) is 2.69. The average molecular weight is 305 g/mol. The Bertz CT molecular complexity index is 558. The molecule has 0 fully saturated rings. The first kappa shape index (κ1) is 12.7. The molecule has 0 aliphatic heterocycles. The minimum Gasteiger partial charge on any atom is -0.467 e. The van der Waals surface area contributed by atoms with Gasteiger partial charge in [-0.2, -0.15) is 5.26 Å². The number of rotatable bonds is 4. The van der Waals surface area contributed by atoms with Crippen molar-refractivity contribution in [3.05, 3.63) is 52.4 Å². The molecule has 18 heavy (non-hydrogen) atoms. The predicted octanol–water partition coefficient (Wildman–Crippen LogP) is 3.94. The smallest absolute Gasteiger partial charge is 0.123 e. The summed E-state index contributed by atoms with van der Waals surface area (Å²) in [6.07, 6.45) is 1.67. The molecule has 2 aromatic rings. The van der Waals surface area contributed by atoms with Gasteiger partial charge in [0, 0.05) is 16.7 Å². The van der Waals surface area contributed by atoms with Crippen LogP contribution in [-0.2, 0) is 6.54 Å². The van der Waals surface area contributed by atoms with Crippen LogP contribution in [0.4, 0.5) is 5.69 Å². The molecule has 0 spiro atoms. The first-order valence-electron chi connectivity index (χ1n) is 5.71. The van der Waals surface area contributed by atoms with Crippen molar-refractivity contribution in [1.82, 2.24) is 0 Å². The Hall–Kier alpha value is -1.73. The normalized spacial score (nSPS) is 10.1. The van der Waals surface area contributed by atoms with Gasteiger partial charge in [0.05, 0.1) is 24.4 Å². The zero-order valence-corrected chi connectivity index (χ0v) is 11.6. The van der Waals surface area contributed by atoms with E-state index in [-0.39, 0.29) is 0 Å². The Balaban J connectivity index is 2.27. The minimum atomic E-state index is 0.650. The van der Waals surface area contributed by atoms with Crippen molar-refractivity contribution in [3.8, 4) is 6.07 Å². The van der Waals surface area contributed by atoms with Gasteiger partial charge in [0.1, 0.15) is 5.76 Å². The van der Waals surface area contributed by atoms with E-state index in [4.69, 9.17) is 9.68 Å². The van der Waals surface area contributed by atoms with Crippen molar-refractivity contribution in [2.24, 2.45) is 0 Å². The second-order valence-electron chi connectivity index (χ2n) is 3.90. The van der Waals surface area contributed by atoms with Gasteiger partial charge in [-0.05, 0) is 37.3 Å². The molecule has 0 saturated heterocycles. The maximum Gasteiger partial charge on any atom is 0.123 e. The molecule has 1 aromatic carbocycles. The largest absolute Gasteiger partial charge is 0.467 e. The molecule has 0 aliphatic rings. The Morgan fingerprint density at radius 3 is 2.83 bits per heavy atom. The molecule has 0 bridgehead atoms. The number of hydrogen-bond donors (Lipinski definition) is 0. The lowest BCUT2D eigenvalue weighted by Crippen LogP contribution is -2.21. The molecule has 0 N–H and O–H groups in total. The Kier molecular flexibility index (Phi) is 4.06. The van der Waals surface area contributed by atoms with Gasteiger partial charge in [-0.3, -0.25) is 0 Å². The second-order valence-corrected chi connectivity index (χ2v) is 4.82. The summed E-state index contributed by atoms with van der Waals surface area (Å²) in [7, 11) is 0. The summed E-state index contributed by atoms with van der Waals surface area (Å²) in [6, 6.07) is 11.7. The molecule has 0 radical (unpaired) electrons. The van der Waals surface area contributed by atoms with E-state index in [0.29, 0.717) is 12.1 Å². The molecule has 0 amide bonds. The van der Waals surface area contributed by atoms with Crippen molar-refractivity contribution in [2.45, 2.75) is 13.5 Å². The molecule has 4 heteroatoms. The zero-order valence-electron chi connectivity index (χ0n) is 10.1. The van der Waals surface area contributed by atoms with Crippen molar-refractivity contribution in [2.75, 3.05) is 11.4 Å². The highest BCUT2D eigenvalue weighted by atomic mass is 79.9. The number of nitrogens with zero attached hydrogens (tertiary/aromatic N) is 2. The second kappa shape index (κ2) is 5.74. The monoisotopic (exact) mass is 304 g/mol. The minimum absolute atomic E-state index is 0.650. The van der Waals surface area contributed by atoms with E-state index in [2.05, 4.69) is 33.8 Å². The van der Waals surface area contributed by atoms with E-state index in [0.717, 1.165) is 22.5 Å². The third kappa shape index (κ3) is 2.93. The summed E-state index contributed by atoms with van der Waals surface area (Å²) < 4.78 is 6.27. The van der Waals surface area contributed by atoms with Crippen molar-refractivity contribution < 1.29 is 4.42 Å². The first-order valence-corrected chi connectivity index (χ1v) is 6.50. The van der Waals surface area contributed by atoms with Crippen molar-refractivity contribution >= 4 is 21.6 Å². The molecule has 2 rings (SSSR count). The van der Waals surface area contributed by atoms with E-state index in [1.54, 1.807) is 6.26 Å². The summed E-state index contributed by atoms with van der Waals surface area (Å²) in [5.41, 5.74) is 1.66. The Morgan fingerprint density at radius 1 is 1.39 bits per heavy atom. The summed E-state index contributed by atoms with van der Waals surface area (Å²) in [5.74, 6) is 0.912. The number of benzene rings is 1. The third-order valence-corrected chi connectivity index (χ3v) is 3.14. The Labute approximate surface area is 115 Å². The molecule has 0 atom stereocenters. The van der Waals surface area contributed by atoms with Gasteiger partial charge in [0.2, 0.25) is 0 Å². The van der Waals surface area contributed by atoms with Crippen LogP contribution in [0.2, 0.25) is 0 Å². The van der Waals surface area contributed by atoms with Gasteiger partial charge in [0.15, 0.2) is 0 Å². The van der Waals surface area contributed by atoms with Crippen LogP contribution in [0.5, 0.6) is 0 Å². The van der Waals surface area contributed by atoms with Gasteiger partial charge >= 0.3 is 0 Å². The van der Waals surface area contributed by atoms with Crippen LogP contribution < -0.4 is 4.90 Å². The lowest BCUT2D eigenvalue weighted by atomic mass is 10.2. The molecule has 0 unspecified atom stereocenters. The quantitative estimate of drug-likeness (QED) is 0.859. The molecule has 3 nitrogen and oxygen atoms in total. The maximum absolute atomic E-state index is 8.99. The molecule has 1 heterocycles. The molecule has 92 valence electrons. The SMILES string of the molecule is CCN(Cc1ccco1)c1cc(Br)cc(C#N)c1. The highest BCUT2D eigenvalue weighted by Crippen LogP contribution is 2.24. The van der Waals surface area contributed by atoms with Crippen LogP contribution in [0.1, 0.15) is 18.2 Å². The summed E-state index contributed by atoms with van der Waals surface area (Å²) in [6.45, 7) is 3.63. The van der Waals surface area contributed by atoms with E-state index in [1.807, 2.05) is 30.3 Å². The highest BCUT2D eigenvalue weighted by molar-refractivity contribution is 9.10. The van der Waals surface area contributed by atoms with Crippen LogP contribution in [0.3, 0.4) is 0 Å². The molecule has 1 aromatic heterocycles. The number of hydrogen-bond acceptors (Lipinski definition) is 3. The van der Waals surface area contributed by atoms with E-state index in [1.165, 1.54) is 0 Å². The van der Waals surface area contributed by atoms with Gasteiger partial charge in [-0.1, -0.05) is 15.9 Å². The number of anilines is 1. The van der Waals surface area contributed by atoms with Crippen molar-refractivity contribution in [3.63, 3.8) is 0 Å². The molecular weight excluding hydrogens is 292 g/mol. The average Bonchev–Trinajstić information content (AvgIpc) is 2.88. The fourth-order valence-corrected chi connectivity index (χ4v) is 2.28. The van der Waals surface area contributed by atoms with Crippen LogP contribution in [-0.4, -0.2) is 6.54 Å². The lowest BCUT2D eigenvalue weighted by Gasteiger charge is -2.22. The van der Waals surface area contributed by atoms with E-state index >= 15 is 0 Å². The van der Waals surface area contributed by atoms with Crippen LogP contribution in [0.15, 0.2) is 45.5 Å². The Morgan fingerprint density at radius 2 is 2.22 bits per heavy atom. The van der Waals surface area contributed by atoms with Gasteiger partial charge in [-0.25, -0.2) is 0 Å². The summed E-state index contributed by atoms with van der Waals surface area (Å²) in [5, 5.41) is 8.99. The van der Waals surface area contributed by atoms with Crippen LogP contribution >= 0.6 is 15.9 Å². The number of furan rings is 1. The van der Waals surface area contributed by atoms with Crippen LogP contribution in [0.25, 0.3) is 0 Å². The van der Waals surface area contributed by atoms with Crippen molar-refractivity contribution in [1.29, 1.82) is 5.26 Å². The summed E-state index contributed by atoms with van der Waals surface area (Å²) in [4.78, 5) is 2.16. The van der Waals surface area contributed by atoms with E-state index in [9.17, 15) is 0 Å². The number of nitriles is 1. The molecule has 0 saturated carbocycles. The summed E-state index contributed by atoms with van der Waals surface area (Å²) >= 11 is 3.43. The topological polar surface area (TPSA) is 40.2 Å². The first-order chi connectivity index (χ1) is 8.72. The fourth-order valence-electron chi connectivity index (χ4n) is 1.80. The number of halogens is 1. The lowest BCUT2D eigenvalue weighted by molar-refractivity contribution is 0.503. The fraction of sp³-hybridized carbons (Fsp3) is 0.214. The zero-order chi connectivity index (χ0) is 13.0. The van der Waals surface area contributed by atoms with Gasteiger partial charge in [-0.15, -0.1) is 0 Å². The molecule has 0 aliphatic carbocycles. The molecular formula is C14H13BrN2O. The maximum atomic E-state index is 8.99. The standard InChI is InChI=1S/C14H13BrN2O/c1-2-17(10-14-4-3-5-18-14)13-7-11(9-16)6-12(15)8-13/h3-8H,2,10H2,1H3. The van der Waals surface area contributed by atoms with Crippen LogP contribution in [0, 0.1) is 11.3 Å².